The van der Waals surface area contributed by atoms with Gasteiger partial charge in [0.05, 0.1) is 18.8 Å². The maximum Gasteiger partial charge on any atom is 0.434 e. The fourth-order valence-corrected chi connectivity index (χ4v) is 1.68. The molecule has 1 aromatic carbocycles. The minimum atomic E-state index is -4.95. The average Bonchev–Trinajstić information content (AvgIpc) is 2.46. The molecule has 2 rings (SSSR count). The van der Waals surface area contributed by atoms with Gasteiger partial charge in [-0.15, -0.1) is 0 Å². The molecule has 0 unspecified atom stereocenters. The van der Waals surface area contributed by atoms with Crippen molar-refractivity contribution in [3.8, 4) is 5.75 Å². The molecule has 1 heterocycles. The maximum absolute atomic E-state index is 12.8. The third kappa shape index (κ3) is 3.25. The molecule has 2 aromatic rings. The largest absolute Gasteiger partial charge is 0.545 e. The van der Waals surface area contributed by atoms with Crippen LogP contribution in [-0.2, 0) is 6.18 Å². The summed E-state index contributed by atoms with van der Waals surface area (Å²) in [5.74, 6) is -2.05. The minimum absolute atomic E-state index is 0.333. The molecule has 0 spiro atoms. The van der Waals surface area contributed by atoms with Gasteiger partial charge in [0, 0.05) is 11.8 Å². The number of aromatic carboxylic acids is 1. The molecule has 0 radical (unpaired) electrons. The molecule has 0 aliphatic carbocycles. The van der Waals surface area contributed by atoms with Gasteiger partial charge in [-0.1, -0.05) is 12.1 Å². The Kier molecular flexibility index (Phi) is 4.15. The maximum atomic E-state index is 12.8. The second-order valence-corrected chi connectivity index (χ2v) is 4.07. The van der Waals surface area contributed by atoms with Crippen LogP contribution in [0.25, 0.3) is 0 Å². The van der Waals surface area contributed by atoms with Crippen LogP contribution in [0, 0.1) is 0 Å². The van der Waals surface area contributed by atoms with Gasteiger partial charge in [0.15, 0.2) is 5.69 Å². The summed E-state index contributed by atoms with van der Waals surface area (Å²) >= 11 is 0. The lowest BCUT2D eigenvalue weighted by atomic mass is 10.2. The smallest absolute Gasteiger partial charge is 0.434 e. The van der Waals surface area contributed by atoms with Gasteiger partial charge in [0.2, 0.25) is 5.95 Å². The number of anilines is 2. The second kappa shape index (κ2) is 5.88. The van der Waals surface area contributed by atoms with Crippen molar-refractivity contribution in [2.75, 3.05) is 12.4 Å². The lowest BCUT2D eigenvalue weighted by molar-refractivity contribution is -0.256. The number of nitrogens with zero attached hydrogens (tertiary/aromatic N) is 2. The molecule has 9 heteroatoms. The number of hydrogen-bond acceptors (Lipinski definition) is 6. The number of alkyl halides is 3. The molecule has 0 saturated carbocycles. The van der Waals surface area contributed by atoms with Crippen LogP contribution in [-0.4, -0.2) is 23.0 Å². The van der Waals surface area contributed by atoms with Crippen molar-refractivity contribution in [2.24, 2.45) is 0 Å². The van der Waals surface area contributed by atoms with E-state index in [9.17, 15) is 23.1 Å². The number of methoxy groups -OCH3 is 1. The summed E-state index contributed by atoms with van der Waals surface area (Å²) < 4.78 is 43.5. The molecule has 6 nitrogen and oxygen atoms in total. The number of para-hydroxylation sites is 2. The number of rotatable bonds is 4. The van der Waals surface area contributed by atoms with Gasteiger partial charge in [-0.2, -0.15) is 13.2 Å². The van der Waals surface area contributed by atoms with E-state index in [-0.39, 0.29) is 0 Å². The Bertz CT molecular complexity index is 704. The van der Waals surface area contributed by atoms with Crippen LogP contribution in [0.1, 0.15) is 16.1 Å². The molecule has 0 fully saturated rings. The van der Waals surface area contributed by atoms with Crippen molar-refractivity contribution < 1.29 is 27.8 Å². The minimum Gasteiger partial charge on any atom is -0.545 e. The number of carbonyl (C=O) groups is 1. The third-order valence-electron chi connectivity index (χ3n) is 2.63. The average molecular weight is 312 g/mol. The van der Waals surface area contributed by atoms with E-state index in [1.165, 1.54) is 7.11 Å². The number of benzene rings is 1. The number of hydrogen-bond donors (Lipinski definition) is 1. The molecule has 0 atom stereocenters. The SMILES string of the molecule is COc1ccccc1Nc1ncc(C(=O)[O-])c(C(F)(F)F)n1. The highest BCUT2D eigenvalue weighted by molar-refractivity contribution is 5.87. The molecule has 116 valence electrons. The number of carboxylic acid groups (broad SMARTS) is 1. The van der Waals surface area contributed by atoms with E-state index >= 15 is 0 Å². The summed E-state index contributed by atoms with van der Waals surface area (Å²) in [6.07, 6.45) is -4.40. The Morgan fingerprint density at radius 1 is 1.32 bits per heavy atom. The lowest BCUT2D eigenvalue weighted by Gasteiger charge is -2.14. The summed E-state index contributed by atoms with van der Waals surface area (Å²) in [5.41, 5.74) is -2.38. The summed E-state index contributed by atoms with van der Waals surface area (Å²) in [6.45, 7) is 0. The van der Waals surface area contributed by atoms with E-state index in [0.717, 1.165) is 0 Å². The highest BCUT2D eigenvalue weighted by Crippen LogP contribution is 2.32. The number of halogens is 3. The molecule has 1 N–H and O–H groups in total. The van der Waals surface area contributed by atoms with Crippen molar-refractivity contribution >= 4 is 17.6 Å². The Morgan fingerprint density at radius 2 is 2.00 bits per heavy atom. The summed E-state index contributed by atoms with van der Waals surface area (Å²) in [4.78, 5) is 17.5. The first-order valence-electron chi connectivity index (χ1n) is 5.88. The Hall–Kier alpha value is -2.84. The molecule has 0 saturated heterocycles. The van der Waals surface area contributed by atoms with Gasteiger partial charge in [-0.25, -0.2) is 9.97 Å². The molecular weight excluding hydrogens is 303 g/mol. The van der Waals surface area contributed by atoms with Crippen LogP contribution in [0.4, 0.5) is 24.8 Å². The zero-order valence-corrected chi connectivity index (χ0v) is 11.1. The van der Waals surface area contributed by atoms with Crippen LogP contribution in [0.5, 0.6) is 5.75 Å². The fraction of sp³-hybridized carbons (Fsp3) is 0.154. The van der Waals surface area contributed by atoms with Crippen LogP contribution in [0.2, 0.25) is 0 Å². The molecule has 22 heavy (non-hydrogen) atoms. The van der Waals surface area contributed by atoms with E-state index < -0.39 is 29.4 Å². The Morgan fingerprint density at radius 3 is 2.59 bits per heavy atom. The first-order chi connectivity index (χ1) is 10.3. The number of aromatic nitrogens is 2. The van der Waals surface area contributed by atoms with Crippen molar-refractivity contribution in [2.45, 2.75) is 6.18 Å². The second-order valence-electron chi connectivity index (χ2n) is 4.07. The van der Waals surface area contributed by atoms with E-state index in [1.54, 1.807) is 24.3 Å². The molecule has 0 aliphatic heterocycles. The highest BCUT2D eigenvalue weighted by Gasteiger charge is 2.36. The quantitative estimate of drug-likeness (QED) is 0.923. The molecule has 0 amide bonds. The Labute approximate surface area is 122 Å². The van der Waals surface area contributed by atoms with Crippen molar-refractivity contribution in [3.05, 3.63) is 41.7 Å². The van der Waals surface area contributed by atoms with Crippen molar-refractivity contribution in [1.82, 2.24) is 9.97 Å². The third-order valence-corrected chi connectivity index (χ3v) is 2.63. The van der Waals surface area contributed by atoms with Gasteiger partial charge in [-0.05, 0) is 12.1 Å². The fourth-order valence-electron chi connectivity index (χ4n) is 1.68. The van der Waals surface area contributed by atoms with Crippen LogP contribution in [0.15, 0.2) is 30.5 Å². The van der Waals surface area contributed by atoms with Crippen LogP contribution in [0.3, 0.4) is 0 Å². The topological polar surface area (TPSA) is 87.2 Å². The lowest BCUT2D eigenvalue weighted by Crippen LogP contribution is -2.27. The van der Waals surface area contributed by atoms with Gasteiger partial charge in [0.1, 0.15) is 5.75 Å². The summed E-state index contributed by atoms with van der Waals surface area (Å²) in [6, 6.07) is 6.43. The van der Waals surface area contributed by atoms with Gasteiger partial charge in [-0.3, -0.25) is 0 Å². The van der Waals surface area contributed by atoms with Gasteiger partial charge >= 0.3 is 6.18 Å². The predicted molar refractivity (Wildman–Crippen MR) is 67.6 cm³/mol. The van der Waals surface area contributed by atoms with E-state index in [2.05, 4.69) is 15.3 Å². The van der Waals surface area contributed by atoms with E-state index in [0.29, 0.717) is 17.6 Å². The first kappa shape index (κ1) is 15.5. The monoisotopic (exact) mass is 312 g/mol. The van der Waals surface area contributed by atoms with Gasteiger partial charge < -0.3 is 20.0 Å². The standard InChI is InChI=1S/C13H10F3N3O3/c1-22-9-5-3-2-4-8(9)18-12-17-6-7(11(20)21)10(19-12)13(14,15)16/h2-6H,1H3,(H,20,21)(H,17,18,19)/p-1. The molecular formula is C13H9F3N3O3-. The van der Waals surface area contributed by atoms with Gasteiger partial charge in [0.25, 0.3) is 0 Å². The number of nitrogens with one attached hydrogen (secondary N) is 1. The van der Waals surface area contributed by atoms with E-state index in [1.807, 2.05) is 0 Å². The van der Waals surface area contributed by atoms with Crippen molar-refractivity contribution in [3.63, 3.8) is 0 Å². The Balaban J connectivity index is 2.43. The predicted octanol–water partition coefficient (Wildman–Crippen LogP) is 1.61. The van der Waals surface area contributed by atoms with Crippen LogP contribution >= 0.6 is 0 Å². The highest BCUT2D eigenvalue weighted by atomic mass is 19.4. The normalized spacial score (nSPS) is 11.1. The number of ether oxygens (including phenoxy) is 1. The molecule has 0 bridgehead atoms. The molecule has 1 aromatic heterocycles. The first-order valence-corrected chi connectivity index (χ1v) is 5.88. The zero-order valence-electron chi connectivity index (χ0n) is 11.1. The van der Waals surface area contributed by atoms with E-state index in [4.69, 9.17) is 4.74 Å². The zero-order chi connectivity index (χ0) is 16.3. The van der Waals surface area contributed by atoms with Crippen LogP contribution < -0.4 is 15.2 Å². The van der Waals surface area contributed by atoms with Crippen molar-refractivity contribution in [1.29, 1.82) is 0 Å². The number of carbonyl (C=O) groups excluding carboxylic acids is 1. The summed E-state index contributed by atoms with van der Waals surface area (Å²) in [7, 11) is 1.39. The molecule has 0 aliphatic rings. The number of carboxylic acids is 1. The summed E-state index contributed by atoms with van der Waals surface area (Å²) in [5, 5.41) is 13.2.